The van der Waals surface area contributed by atoms with E-state index in [1.807, 2.05) is 30.3 Å². The molecule has 2 aromatic carbocycles. The lowest BCUT2D eigenvalue weighted by Gasteiger charge is -2.19. The van der Waals surface area contributed by atoms with E-state index in [0.717, 1.165) is 16.9 Å². The molecule has 1 aliphatic rings. The van der Waals surface area contributed by atoms with Gasteiger partial charge in [-0.05, 0) is 47.6 Å². The van der Waals surface area contributed by atoms with Crippen LogP contribution in [0, 0.1) is 4.77 Å². The molecule has 0 bridgehead atoms. The summed E-state index contributed by atoms with van der Waals surface area (Å²) in [4.78, 5) is 0. The van der Waals surface area contributed by atoms with Crippen LogP contribution in [-0.2, 0) is 6.42 Å². The van der Waals surface area contributed by atoms with Crippen molar-refractivity contribution in [1.29, 1.82) is 0 Å². The summed E-state index contributed by atoms with van der Waals surface area (Å²) in [6, 6.07) is 11.4. The number of nitrogens with zero attached hydrogens (tertiary/aromatic N) is 3. The van der Waals surface area contributed by atoms with Crippen molar-refractivity contribution in [3.8, 4) is 17.2 Å². The molecular weight excluding hydrogens is 400 g/mol. The summed E-state index contributed by atoms with van der Waals surface area (Å²) in [5.74, 6) is 2.66. The molecule has 0 radical (unpaired) electrons. The van der Waals surface area contributed by atoms with Gasteiger partial charge >= 0.3 is 0 Å². The molecule has 0 saturated carbocycles. The molecular formula is C19H17ClN4O3S. The highest BCUT2D eigenvalue weighted by Crippen LogP contribution is 2.37. The standard InChI is InChI=1S/C19H17ClN4O3S/c1-25-14-4-2-12(3-5-14)10-17-22-23-19(28)24(17)21-11-13-8-15(20)18-16(9-13)26-6-7-27-18/h2-5,8-9,11H,6-7,10H2,1H3,(H,23,28)/b21-11-. The van der Waals surface area contributed by atoms with E-state index < -0.39 is 0 Å². The minimum Gasteiger partial charge on any atom is -0.497 e. The first-order valence-electron chi connectivity index (χ1n) is 8.57. The van der Waals surface area contributed by atoms with Crippen molar-refractivity contribution >= 4 is 30.0 Å². The summed E-state index contributed by atoms with van der Waals surface area (Å²) >= 11 is 11.6. The summed E-state index contributed by atoms with van der Waals surface area (Å²) in [7, 11) is 1.64. The van der Waals surface area contributed by atoms with Crippen molar-refractivity contribution in [3.63, 3.8) is 0 Å². The monoisotopic (exact) mass is 416 g/mol. The molecule has 3 aromatic rings. The van der Waals surface area contributed by atoms with Crippen molar-refractivity contribution in [2.24, 2.45) is 5.10 Å². The number of rotatable bonds is 5. The van der Waals surface area contributed by atoms with Gasteiger partial charge in [0.15, 0.2) is 17.3 Å². The fourth-order valence-electron chi connectivity index (χ4n) is 2.81. The number of methoxy groups -OCH3 is 1. The van der Waals surface area contributed by atoms with Crippen LogP contribution >= 0.6 is 23.8 Å². The Morgan fingerprint density at radius 2 is 2.07 bits per heavy atom. The van der Waals surface area contributed by atoms with Crippen LogP contribution in [0.2, 0.25) is 5.02 Å². The highest BCUT2D eigenvalue weighted by atomic mass is 35.5. The molecule has 0 saturated heterocycles. The van der Waals surface area contributed by atoms with Crippen LogP contribution < -0.4 is 14.2 Å². The summed E-state index contributed by atoms with van der Waals surface area (Å²) in [6.07, 6.45) is 2.23. The maximum atomic E-state index is 6.28. The van der Waals surface area contributed by atoms with Gasteiger partial charge in [0, 0.05) is 6.42 Å². The van der Waals surface area contributed by atoms with Gasteiger partial charge in [0.05, 0.1) is 18.3 Å². The molecule has 2 heterocycles. The fraction of sp³-hybridized carbons (Fsp3) is 0.211. The second-order valence-corrected chi connectivity index (χ2v) is 6.85. The minimum absolute atomic E-state index is 0.406. The van der Waals surface area contributed by atoms with Gasteiger partial charge in [-0.15, -0.1) is 0 Å². The van der Waals surface area contributed by atoms with Gasteiger partial charge in [-0.3, -0.25) is 5.10 Å². The average Bonchev–Trinajstić information content (AvgIpc) is 3.06. The molecule has 144 valence electrons. The number of ether oxygens (including phenoxy) is 3. The predicted molar refractivity (Wildman–Crippen MR) is 109 cm³/mol. The van der Waals surface area contributed by atoms with E-state index in [0.29, 0.717) is 46.8 Å². The van der Waals surface area contributed by atoms with Crippen LogP contribution in [0.1, 0.15) is 17.0 Å². The summed E-state index contributed by atoms with van der Waals surface area (Å²) in [5.41, 5.74) is 1.83. The fourth-order valence-corrected chi connectivity index (χ4v) is 3.29. The van der Waals surface area contributed by atoms with Gasteiger partial charge in [0.2, 0.25) is 4.77 Å². The SMILES string of the molecule is COc1ccc(Cc2n[nH]c(=S)n2/N=C\c2cc(Cl)c3c(c2)OCCO3)cc1. The predicted octanol–water partition coefficient (Wildman–Crippen LogP) is 3.85. The van der Waals surface area contributed by atoms with Crippen LogP contribution in [0.3, 0.4) is 0 Å². The van der Waals surface area contributed by atoms with Crippen molar-refractivity contribution < 1.29 is 14.2 Å². The van der Waals surface area contributed by atoms with E-state index in [1.165, 1.54) is 0 Å². The summed E-state index contributed by atoms with van der Waals surface area (Å²) in [6.45, 7) is 0.974. The number of hydrogen-bond donors (Lipinski definition) is 1. The minimum atomic E-state index is 0.406. The highest BCUT2D eigenvalue weighted by molar-refractivity contribution is 7.71. The number of aromatic nitrogens is 3. The second kappa shape index (κ2) is 8.04. The molecule has 1 N–H and O–H groups in total. The van der Waals surface area contributed by atoms with Crippen LogP contribution in [0.4, 0.5) is 0 Å². The zero-order chi connectivity index (χ0) is 19.5. The van der Waals surface area contributed by atoms with E-state index >= 15 is 0 Å². The molecule has 7 nitrogen and oxygen atoms in total. The molecule has 28 heavy (non-hydrogen) atoms. The first kappa shape index (κ1) is 18.5. The molecule has 9 heteroatoms. The second-order valence-electron chi connectivity index (χ2n) is 6.05. The number of aromatic amines is 1. The number of H-pyrrole nitrogens is 1. The van der Waals surface area contributed by atoms with E-state index in [9.17, 15) is 0 Å². The van der Waals surface area contributed by atoms with Crippen molar-refractivity contribution in [2.45, 2.75) is 6.42 Å². The molecule has 1 aliphatic heterocycles. The number of nitrogens with one attached hydrogen (secondary N) is 1. The topological polar surface area (TPSA) is 73.7 Å². The number of halogens is 1. The normalized spacial score (nSPS) is 13.1. The van der Waals surface area contributed by atoms with Gasteiger partial charge < -0.3 is 14.2 Å². The number of benzene rings is 2. The molecule has 0 amide bonds. The Hall–Kier alpha value is -2.84. The zero-order valence-corrected chi connectivity index (χ0v) is 16.6. The molecule has 0 fully saturated rings. The molecule has 0 unspecified atom stereocenters. The Labute approximate surface area is 171 Å². The van der Waals surface area contributed by atoms with Gasteiger partial charge in [-0.2, -0.15) is 14.9 Å². The molecule has 0 atom stereocenters. The van der Waals surface area contributed by atoms with Crippen molar-refractivity contribution in [3.05, 3.63) is 63.1 Å². The van der Waals surface area contributed by atoms with E-state index in [-0.39, 0.29) is 0 Å². The molecule has 1 aromatic heterocycles. The lowest BCUT2D eigenvalue weighted by Crippen LogP contribution is -2.15. The van der Waals surface area contributed by atoms with Gasteiger partial charge in [-0.25, -0.2) is 0 Å². The molecule has 0 spiro atoms. The van der Waals surface area contributed by atoms with Crippen molar-refractivity contribution in [1.82, 2.24) is 14.9 Å². The van der Waals surface area contributed by atoms with Crippen molar-refractivity contribution in [2.75, 3.05) is 20.3 Å². The Balaban J connectivity index is 1.59. The van der Waals surface area contributed by atoms with Crippen LogP contribution in [0.5, 0.6) is 17.2 Å². The number of fused-ring (bicyclic) bond motifs is 1. The maximum Gasteiger partial charge on any atom is 0.216 e. The van der Waals surface area contributed by atoms with Gasteiger partial charge in [0.25, 0.3) is 0 Å². The Morgan fingerprint density at radius 3 is 2.86 bits per heavy atom. The summed E-state index contributed by atoms with van der Waals surface area (Å²) < 4.78 is 18.3. The molecule has 0 aliphatic carbocycles. The van der Waals surface area contributed by atoms with Crippen LogP contribution in [-0.4, -0.2) is 41.4 Å². The van der Waals surface area contributed by atoms with Crippen LogP contribution in [0.25, 0.3) is 0 Å². The van der Waals surface area contributed by atoms with E-state index in [4.69, 9.17) is 38.0 Å². The largest absolute Gasteiger partial charge is 0.497 e. The lowest BCUT2D eigenvalue weighted by atomic mass is 10.1. The first-order valence-corrected chi connectivity index (χ1v) is 9.35. The quantitative estimate of drug-likeness (QED) is 0.505. The third-order valence-electron chi connectivity index (χ3n) is 4.18. The molecule has 4 rings (SSSR count). The maximum absolute atomic E-state index is 6.28. The average molecular weight is 417 g/mol. The Kier molecular flexibility index (Phi) is 5.31. The smallest absolute Gasteiger partial charge is 0.216 e. The Bertz CT molecular complexity index is 1080. The van der Waals surface area contributed by atoms with E-state index in [1.54, 1.807) is 24.1 Å². The highest BCUT2D eigenvalue weighted by Gasteiger charge is 2.16. The van der Waals surface area contributed by atoms with E-state index in [2.05, 4.69) is 15.3 Å². The Morgan fingerprint density at radius 1 is 1.29 bits per heavy atom. The van der Waals surface area contributed by atoms with Gasteiger partial charge in [-0.1, -0.05) is 23.7 Å². The third kappa shape index (κ3) is 3.88. The van der Waals surface area contributed by atoms with Gasteiger partial charge in [0.1, 0.15) is 19.0 Å². The van der Waals surface area contributed by atoms with Crippen LogP contribution in [0.15, 0.2) is 41.5 Å². The first-order chi connectivity index (χ1) is 13.6. The number of hydrogen-bond acceptors (Lipinski definition) is 6. The third-order valence-corrected chi connectivity index (χ3v) is 4.73. The summed E-state index contributed by atoms with van der Waals surface area (Å²) in [5, 5.41) is 12.0. The lowest BCUT2D eigenvalue weighted by molar-refractivity contribution is 0.171. The zero-order valence-electron chi connectivity index (χ0n) is 15.0.